The summed E-state index contributed by atoms with van der Waals surface area (Å²) in [5, 5.41) is 18.3. The Morgan fingerprint density at radius 3 is 1.12 bits per heavy atom. The van der Waals surface area contributed by atoms with Gasteiger partial charge in [0.2, 0.25) is 0 Å². The van der Waals surface area contributed by atoms with Gasteiger partial charge < -0.3 is 10.2 Å². The molecule has 2 heteroatoms. The van der Waals surface area contributed by atoms with Crippen molar-refractivity contribution in [3.63, 3.8) is 0 Å². The molecule has 0 rings (SSSR count). The molecule has 0 saturated carbocycles. The second-order valence-corrected chi connectivity index (χ2v) is 7.97. The second kappa shape index (κ2) is 22.0. The molecule has 0 aromatic heterocycles. The summed E-state index contributed by atoms with van der Waals surface area (Å²) >= 11 is 0. The molecule has 0 aliphatic heterocycles. The zero-order valence-electron chi connectivity index (χ0n) is 17.3. The summed E-state index contributed by atoms with van der Waals surface area (Å²) in [4.78, 5) is 0. The Morgan fingerprint density at radius 2 is 0.800 bits per heavy atom. The quantitative estimate of drug-likeness (QED) is 0.214. The number of hydrogen-bond donors (Lipinski definition) is 2. The van der Waals surface area contributed by atoms with E-state index in [0.717, 1.165) is 12.8 Å². The average Bonchev–Trinajstić information content (AvgIpc) is 2.61. The fraction of sp³-hybridized carbons (Fsp3) is 1.00. The lowest BCUT2D eigenvalue weighted by Gasteiger charge is -2.08. The molecular weight excluding hydrogens is 308 g/mol. The summed E-state index contributed by atoms with van der Waals surface area (Å²) in [6.07, 6.45) is 26.2. The number of unbranched alkanes of at least 4 members (excludes halogenated alkanes) is 17. The predicted molar refractivity (Wildman–Crippen MR) is 111 cm³/mol. The van der Waals surface area contributed by atoms with Gasteiger partial charge in [-0.1, -0.05) is 122 Å². The van der Waals surface area contributed by atoms with Crippen molar-refractivity contribution in [3.8, 4) is 0 Å². The first-order valence-corrected chi connectivity index (χ1v) is 11.6. The fourth-order valence-corrected chi connectivity index (χ4v) is 3.57. The molecule has 0 radical (unpaired) electrons. The van der Waals surface area contributed by atoms with Gasteiger partial charge in [0.15, 0.2) is 0 Å². The van der Waals surface area contributed by atoms with Crippen molar-refractivity contribution in [1.29, 1.82) is 0 Å². The summed E-state index contributed by atoms with van der Waals surface area (Å²) in [5.74, 6) is 0. The molecule has 0 aromatic carbocycles. The van der Waals surface area contributed by atoms with Gasteiger partial charge in [-0.25, -0.2) is 0 Å². The number of aliphatic hydroxyl groups excluding tert-OH is 2. The molecule has 0 heterocycles. The van der Waals surface area contributed by atoms with Gasteiger partial charge in [-0.2, -0.15) is 0 Å². The zero-order chi connectivity index (χ0) is 18.4. The van der Waals surface area contributed by atoms with Crippen LogP contribution in [0, 0.1) is 0 Å². The lowest BCUT2D eigenvalue weighted by molar-refractivity contribution is 0.122. The standard InChI is InChI=1S/C23H48O2/c1-2-3-4-5-6-7-8-9-10-11-12-13-14-15-16-17-18-19-20-23(25)21-22-24/h23-25H,2-22H2,1H3. The molecule has 1 atom stereocenters. The highest BCUT2D eigenvalue weighted by atomic mass is 16.3. The summed E-state index contributed by atoms with van der Waals surface area (Å²) in [6.45, 7) is 2.40. The van der Waals surface area contributed by atoms with E-state index < -0.39 is 0 Å². The third kappa shape index (κ3) is 21.9. The third-order valence-electron chi connectivity index (χ3n) is 5.35. The highest BCUT2D eigenvalue weighted by molar-refractivity contribution is 4.55. The van der Waals surface area contributed by atoms with Crippen LogP contribution in [0.1, 0.15) is 135 Å². The van der Waals surface area contributed by atoms with E-state index in [1.807, 2.05) is 0 Å². The van der Waals surface area contributed by atoms with Crippen LogP contribution in [0.3, 0.4) is 0 Å². The second-order valence-electron chi connectivity index (χ2n) is 7.97. The molecule has 0 aromatic rings. The Kier molecular flexibility index (Phi) is 21.9. The van der Waals surface area contributed by atoms with Crippen LogP contribution in [-0.2, 0) is 0 Å². The zero-order valence-corrected chi connectivity index (χ0v) is 17.3. The van der Waals surface area contributed by atoms with Gasteiger partial charge in [-0.3, -0.25) is 0 Å². The molecule has 0 fully saturated rings. The Hall–Kier alpha value is -0.0800. The first-order chi connectivity index (χ1) is 12.3. The van der Waals surface area contributed by atoms with Crippen LogP contribution in [-0.4, -0.2) is 22.9 Å². The van der Waals surface area contributed by atoms with Crippen LogP contribution >= 0.6 is 0 Å². The highest BCUT2D eigenvalue weighted by Crippen LogP contribution is 2.15. The Balaban J connectivity index is 3.00. The Bertz CT molecular complexity index is 230. The Morgan fingerprint density at radius 1 is 0.480 bits per heavy atom. The first-order valence-electron chi connectivity index (χ1n) is 11.6. The van der Waals surface area contributed by atoms with E-state index in [9.17, 15) is 5.11 Å². The van der Waals surface area contributed by atoms with Crippen molar-refractivity contribution in [2.24, 2.45) is 0 Å². The average molecular weight is 357 g/mol. The summed E-state index contributed by atoms with van der Waals surface area (Å²) < 4.78 is 0. The number of rotatable bonds is 21. The van der Waals surface area contributed by atoms with Crippen molar-refractivity contribution < 1.29 is 10.2 Å². The maximum Gasteiger partial charge on any atom is 0.0562 e. The predicted octanol–water partition coefficient (Wildman–Crippen LogP) is 7.16. The van der Waals surface area contributed by atoms with Crippen LogP contribution in [0.2, 0.25) is 0 Å². The topological polar surface area (TPSA) is 40.5 Å². The van der Waals surface area contributed by atoms with Gasteiger partial charge in [0.1, 0.15) is 0 Å². The Labute approximate surface area is 158 Å². The molecule has 0 aliphatic rings. The SMILES string of the molecule is CCCCCCCCCCCCCCCCCCCCC(O)CCO. The van der Waals surface area contributed by atoms with Gasteiger partial charge in [0.25, 0.3) is 0 Å². The minimum atomic E-state index is -0.286. The van der Waals surface area contributed by atoms with Gasteiger partial charge >= 0.3 is 0 Å². The van der Waals surface area contributed by atoms with Crippen molar-refractivity contribution in [1.82, 2.24) is 0 Å². The minimum absolute atomic E-state index is 0.111. The van der Waals surface area contributed by atoms with E-state index in [0.29, 0.717) is 6.42 Å². The summed E-state index contributed by atoms with van der Waals surface area (Å²) in [7, 11) is 0. The number of aliphatic hydroxyl groups is 2. The van der Waals surface area contributed by atoms with Crippen LogP contribution in [0.25, 0.3) is 0 Å². The maximum absolute atomic E-state index is 9.52. The molecule has 1 unspecified atom stereocenters. The van der Waals surface area contributed by atoms with E-state index >= 15 is 0 Å². The maximum atomic E-state index is 9.52. The molecule has 0 spiro atoms. The van der Waals surface area contributed by atoms with Gasteiger partial charge in [-0.05, 0) is 12.8 Å². The van der Waals surface area contributed by atoms with E-state index in [1.165, 1.54) is 109 Å². The smallest absolute Gasteiger partial charge is 0.0562 e. The molecule has 152 valence electrons. The van der Waals surface area contributed by atoms with E-state index in [-0.39, 0.29) is 12.7 Å². The monoisotopic (exact) mass is 356 g/mol. The minimum Gasteiger partial charge on any atom is -0.396 e. The first kappa shape index (κ1) is 24.9. The van der Waals surface area contributed by atoms with Crippen molar-refractivity contribution >= 4 is 0 Å². The van der Waals surface area contributed by atoms with E-state index in [4.69, 9.17) is 5.11 Å². The van der Waals surface area contributed by atoms with Crippen molar-refractivity contribution in [2.45, 2.75) is 141 Å². The van der Waals surface area contributed by atoms with Gasteiger partial charge in [-0.15, -0.1) is 0 Å². The molecule has 2 nitrogen and oxygen atoms in total. The van der Waals surface area contributed by atoms with Gasteiger partial charge in [0, 0.05) is 6.61 Å². The van der Waals surface area contributed by atoms with Crippen molar-refractivity contribution in [2.75, 3.05) is 6.61 Å². The molecule has 0 saturated heterocycles. The lowest BCUT2D eigenvalue weighted by Crippen LogP contribution is -2.08. The molecule has 25 heavy (non-hydrogen) atoms. The summed E-state index contributed by atoms with van der Waals surface area (Å²) in [5.41, 5.74) is 0. The fourth-order valence-electron chi connectivity index (χ4n) is 3.57. The molecule has 0 amide bonds. The normalized spacial score (nSPS) is 12.6. The van der Waals surface area contributed by atoms with E-state index in [1.54, 1.807) is 0 Å². The van der Waals surface area contributed by atoms with E-state index in [2.05, 4.69) is 6.92 Å². The van der Waals surface area contributed by atoms with Crippen LogP contribution in [0.4, 0.5) is 0 Å². The van der Waals surface area contributed by atoms with Crippen molar-refractivity contribution in [3.05, 3.63) is 0 Å². The van der Waals surface area contributed by atoms with Crippen LogP contribution in [0.15, 0.2) is 0 Å². The molecular formula is C23H48O2. The third-order valence-corrected chi connectivity index (χ3v) is 5.35. The van der Waals surface area contributed by atoms with Crippen LogP contribution in [0.5, 0.6) is 0 Å². The largest absolute Gasteiger partial charge is 0.396 e. The van der Waals surface area contributed by atoms with Gasteiger partial charge in [0.05, 0.1) is 6.10 Å². The highest BCUT2D eigenvalue weighted by Gasteiger charge is 2.02. The van der Waals surface area contributed by atoms with Crippen LogP contribution < -0.4 is 0 Å². The summed E-state index contributed by atoms with van der Waals surface area (Å²) in [6, 6.07) is 0. The molecule has 2 N–H and O–H groups in total. The molecule has 0 aliphatic carbocycles. The number of hydrogen-bond acceptors (Lipinski definition) is 2. The lowest BCUT2D eigenvalue weighted by atomic mass is 10.0. The molecule has 0 bridgehead atoms.